The quantitative estimate of drug-likeness (QED) is 0.406. The van der Waals surface area contributed by atoms with Gasteiger partial charge in [0.15, 0.2) is 0 Å². The van der Waals surface area contributed by atoms with Gasteiger partial charge in [0, 0.05) is 41.9 Å². The number of Topliss-reactive ketones (excluding diaryl/α,β-unsaturated/α-hetero) is 1. The summed E-state index contributed by atoms with van der Waals surface area (Å²) in [6, 6.07) is 12.7. The first-order chi connectivity index (χ1) is 14.1. The summed E-state index contributed by atoms with van der Waals surface area (Å²) in [5.41, 5.74) is 1.96. The minimum absolute atomic E-state index is 0.0394. The molecule has 2 aromatic heterocycles. The van der Waals surface area contributed by atoms with E-state index in [1.807, 2.05) is 0 Å². The third kappa shape index (κ3) is 3.62. The SMILES string of the molecule is O=C1C(=O)N(Cc2ccncc2)C(c2ccncc2)/C1=C(\O)c1ccc(Cl)cc1. The molecule has 6 nitrogen and oxygen atoms in total. The fraction of sp³-hybridized carbons (Fsp3) is 0.0909. The van der Waals surface area contributed by atoms with E-state index in [0.29, 0.717) is 16.1 Å². The van der Waals surface area contributed by atoms with Crippen molar-refractivity contribution in [3.8, 4) is 0 Å². The van der Waals surface area contributed by atoms with Gasteiger partial charge >= 0.3 is 0 Å². The minimum Gasteiger partial charge on any atom is -0.507 e. The van der Waals surface area contributed by atoms with Crippen LogP contribution in [0.1, 0.15) is 22.7 Å². The summed E-state index contributed by atoms with van der Waals surface area (Å²) in [5.74, 6) is -1.63. The van der Waals surface area contributed by atoms with E-state index < -0.39 is 17.7 Å². The Hall–Kier alpha value is -3.51. The van der Waals surface area contributed by atoms with Gasteiger partial charge in [0.1, 0.15) is 5.76 Å². The Balaban J connectivity index is 1.85. The molecule has 0 spiro atoms. The fourth-order valence-corrected chi connectivity index (χ4v) is 3.51. The number of aromatic nitrogens is 2. The van der Waals surface area contributed by atoms with Crippen LogP contribution in [0, 0.1) is 0 Å². The smallest absolute Gasteiger partial charge is 0.295 e. The Morgan fingerprint density at radius 2 is 1.52 bits per heavy atom. The van der Waals surface area contributed by atoms with Crippen molar-refractivity contribution in [1.29, 1.82) is 0 Å². The molecule has 0 saturated carbocycles. The van der Waals surface area contributed by atoms with Gasteiger partial charge in [0.05, 0.1) is 11.6 Å². The van der Waals surface area contributed by atoms with E-state index in [1.54, 1.807) is 73.3 Å². The summed E-state index contributed by atoms with van der Waals surface area (Å²) in [7, 11) is 0. The summed E-state index contributed by atoms with van der Waals surface area (Å²) in [6.45, 7) is 0.206. The summed E-state index contributed by atoms with van der Waals surface area (Å²) in [6.07, 6.45) is 6.43. The van der Waals surface area contributed by atoms with Crippen molar-refractivity contribution in [2.75, 3.05) is 0 Å². The second-order valence-corrected chi connectivity index (χ2v) is 7.01. The number of amides is 1. The summed E-state index contributed by atoms with van der Waals surface area (Å²) >= 11 is 5.93. The molecular weight excluding hydrogens is 390 g/mol. The summed E-state index contributed by atoms with van der Waals surface area (Å²) < 4.78 is 0. The molecule has 3 heterocycles. The van der Waals surface area contributed by atoms with E-state index in [1.165, 1.54) is 4.90 Å². The molecule has 4 rings (SSSR count). The molecule has 1 fully saturated rings. The number of carbonyl (C=O) groups is 2. The number of hydrogen-bond donors (Lipinski definition) is 1. The van der Waals surface area contributed by atoms with Crippen molar-refractivity contribution in [2.45, 2.75) is 12.6 Å². The molecule has 0 bridgehead atoms. The van der Waals surface area contributed by atoms with Gasteiger partial charge < -0.3 is 10.0 Å². The second kappa shape index (κ2) is 7.85. The van der Waals surface area contributed by atoms with Gasteiger partial charge in [-0.2, -0.15) is 0 Å². The van der Waals surface area contributed by atoms with Crippen LogP contribution in [0.4, 0.5) is 0 Å². The maximum atomic E-state index is 12.9. The van der Waals surface area contributed by atoms with Crippen molar-refractivity contribution in [3.63, 3.8) is 0 Å². The largest absolute Gasteiger partial charge is 0.507 e. The van der Waals surface area contributed by atoms with Crippen molar-refractivity contribution in [3.05, 3.63) is 101 Å². The standard InChI is InChI=1S/C22H16ClN3O3/c23-17-3-1-16(2-4-17)20(27)18-19(15-7-11-25-12-8-15)26(22(29)21(18)28)13-14-5-9-24-10-6-14/h1-12,19,27H,13H2/b20-18+. The van der Waals surface area contributed by atoms with Crippen LogP contribution in [0.15, 0.2) is 78.9 Å². The Morgan fingerprint density at radius 3 is 2.14 bits per heavy atom. The lowest BCUT2D eigenvalue weighted by Gasteiger charge is -2.25. The van der Waals surface area contributed by atoms with Crippen LogP contribution < -0.4 is 0 Å². The van der Waals surface area contributed by atoms with Gasteiger partial charge in [-0.15, -0.1) is 0 Å². The monoisotopic (exact) mass is 405 g/mol. The van der Waals surface area contributed by atoms with Gasteiger partial charge in [0.25, 0.3) is 11.7 Å². The minimum atomic E-state index is -0.734. The van der Waals surface area contributed by atoms with Crippen molar-refractivity contribution in [1.82, 2.24) is 14.9 Å². The van der Waals surface area contributed by atoms with Crippen LogP contribution in [0.3, 0.4) is 0 Å². The van der Waals surface area contributed by atoms with E-state index in [9.17, 15) is 14.7 Å². The van der Waals surface area contributed by atoms with E-state index in [-0.39, 0.29) is 17.9 Å². The molecule has 1 aromatic carbocycles. The molecule has 1 aliphatic rings. The maximum absolute atomic E-state index is 12.9. The van der Waals surface area contributed by atoms with Crippen LogP contribution in [-0.4, -0.2) is 31.7 Å². The number of rotatable bonds is 4. The molecule has 1 N–H and O–H groups in total. The van der Waals surface area contributed by atoms with Gasteiger partial charge in [-0.05, 0) is 59.7 Å². The number of carbonyl (C=O) groups excluding carboxylic acids is 2. The highest BCUT2D eigenvalue weighted by Gasteiger charge is 2.46. The Bertz CT molecular complexity index is 1080. The first-order valence-electron chi connectivity index (χ1n) is 8.89. The molecule has 1 amide bonds. The number of halogens is 1. The van der Waals surface area contributed by atoms with Gasteiger partial charge in [-0.1, -0.05) is 11.6 Å². The average Bonchev–Trinajstić information content (AvgIpc) is 3.00. The number of aliphatic hydroxyl groups excluding tert-OH is 1. The Labute approximate surface area is 172 Å². The van der Waals surface area contributed by atoms with E-state index in [2.05, 4.69) is 9.97 Å². The molecule has 1 unspecified atom stereocenters. The molecule has 1 atom stereocenters. The Morgan fingerprint density at radius 1 is 0.931 bits per heavy atom. The number of nitrogens with zero attached hydrogens (tertiary/aromatic N) is 3. The molecule has 144 valence electrons. The van der Waals surface area contributed by atoms with Crippen molar-refractivity contribution in [2.24, 2.45) is 0 Å². The fourth-order valence-electron chi connectivity index (χ4n) is 3.38. The first kappa shape index (κ1) is 18.8. The lowest BCUT2D eigenvalue weighted by Crippen LogP contribution is -2.29. The van der Waals surface area contributed by atoms with E-state index >= 15 is 0 Å². The van der Waals surface area contributed by atoms with Gasteiger partial charge in [0.2, 0.25) is 0 Å². The molecule has 3 aromatic rings. The second-order valence-electron chi connectivity index (χ2n) is 6.57. The number of likely N-dealkylation sites (tertiary alicyclic amines) is 1. The molecule has 7 heteroatoms. The number of pyridine rings is 2. The van der Waals surface area contributed by atoms with Crippen LogP contribution in [0.2, 0.25) is 5.02 Å². The van der Waals surface area contributed by atoms with E-state index in [0.717, 1.165) is 5.56 Å². The highest BCUT2D eigenvalue weighted by atomic mass is 35.5. The molecular formula is C22H16ClN3O3. The number of aliphatic hydroxyl groups is 1. The lowest BCUT2D eigenvalue weighted by atomic mass is 9.96. The van der Waals surface area contributed by atoms with E-state index in [4.69, 9.17) is 11.6 Å². The van der Waals surface area contributed by atoms with Crippen LogP contribution in [0.25, 0.3) is 5.76 Å². The average molecular weight is 406 g/mol. The Kier molecular flexibility index (Phi) is 5.10. The van der Waals surface area contributed by atoms with Crippen molar-refractivity contribution < 1.29 is 14.7 Å². The third-order valence-corrected chi connectivity index (χ3v) is 5.03. The van der Waals surface area contributed by atoms with Gasteiger partial charge in [-0.25, -0.2) is 0 Å². The predicted molar refractivity (Wildman–Crippen MR) is 108 cm³/mol. The molecule has 1 aliphatic heterocycles. The zero-order valence-corrected chi connectivity index (χ0v) is 16.0. The summed E-state index contributed by atoms with van der Waals surface area (Å²) in [4.78, 5) is 35.2. The molecule has 29 heavy (non-hydrogen) atoms. The number of hydrogen-bond acceptors (Lipinski definition) is 5. The maximum Gasteiger partial charge on any atom is 0.295 e. The lowest BCUT2D eigenvalue weighted by molar-refractivity contribution is -0.140. The number of benzene rings is 1. The number of ketones is 1. The highest BCUT2D eigenvalue weighted by molar-refractivity contribution is 6.46. The topological polar surface area (TPSA) is 83.4 Å². The van der Waals surface area contributed by atoms with Crippen molar-refractivity contribution >= 4 is 29.1 Å². The molecule has 1 saturated heterocycles. The first-order valence-corrected chi connectivity index (χ1v) is 9.27. The highest BCUT2D eigenvalue weighted by Crippen LogP contribution is 2.40. The normalized spacial score (nSPS) is 18.2. The molecule has 0 radical (unpaired) electrons. The summed E-state index contributed by atoms with van der Waals surface area (Å²) in [5, 5.41) is 11.4. The predicted octanol–water partition coefficient (Wildman–Crippen LogP) is 3.75. The van der Waals surface area contributed by atoms with Crippen LogP contribution in [-0.2, 0) is 16.1 Å². The van der Waals surface area contributed by atoms with Crippen LogP contribution in [0.5, 0.6) is 0 Å². The third-order valence-electron chi connectivity index (χ3n) is 4.78. The molecule has 0 aliphatic carbocycles. The van der Waals surface area contributed by atoms with Gasteiger partial charge in [-0.3, -0.25) is 19.6 Å². The van der Waals surface area contributed by atoms with Crippen LogP contribution >= 0.6 is 11.6 Å². The zero-order chi connectivity index (χ0) is 20.4. The zero-order valence-electron chi connectivity index (χ0n) is 15.2.